The molecule has 2 heteroatoms. The molecule has 3 aromatic rings. The Kier molecular flexibility index (Phi) is 1.83. The van der Waals surface area contributed by atoms with E-state index in [-0.39, 0.29) is 5.78 Å². The van der Waals surface area contributed by atoms with Crippen LogP contribution in [0.15, 0.2) is 46.9 Å². The molecule has 0 fully saturated rings. The fourth-order valence-electron chi connectivity index (χ4n) is 1.94. The van der Waals surface area contributed by atoms with E-state index in [1.165, 1.54) is 0 Å². The highest BCUT2D eigenvalue weighted by molar-refractivity contribution is 6.07. The van der Waals surface area contributed by atoms with Crippen LogP contribution in [0.25, 0.3) is 21.9 Å². The van der Waals surface area contributed by atoms with Crippen molar-refractivity contribution in [3.8, 4) is 0 Å². The molecular formula is C14H10O2. The Hall–Kier alpha value is -2.09. The molecule has 0 spiro atoms. The van der Waals surface area contributed by atoms with E-state index in [0.717, 1.165) is 21.9 Å². The first kappa shape index (κ1) is 9.16. The maximum absolute atomic E-state index is 11.3. The van der Waals surface area contributed by atoms with Crippen LogP contribution in [-0.4, -0.2) is 5.78 Å². The summed E-state index contributed by atoms with van der Waals surface area (Å²) in [4.78, 5) is 11.3. The van der Waals surface area contributed by atoms with Crippen LogP contribution in [0.3, 0.4) is 0 Å². The lowest BCUT2D eigenvalue weighted by molar-refractivity contribution is 0.101. The minimum Gasteiger partial charge on any atom is -0.456 e. The number of ketones is 1. The Balaban J connectivity index is 2.41. The Morgan fingerprint density at radius 3 is 2.56 bits per heavy atom. The van der Waals surface area contributed by atoms with Crippen LogP contribution in [0, 0.1) is 0 Å². The van der Waals surface area contributed by atoms with Crippen molar-refractivity contribution in [2.24, 2.45) is 0 Å². The highest BCUT2D eigenvalue weighted by Crippen LogP contribution is 2.28. The first-order valence-electron chi connectivity index (χ1n) is 5.18. The average Bonchev–Trinajstić information content (AvgIpc) is 2.66. The summed E-state index contributed by atoms with van der Waals surface area (Å²) in [5.41, 5.74) is 2.32. The summed E-state index contributed by atoms with van der Waals surface area (Å²) in [5, 5.41) is 2.15. The van der Waals surface area contributed by atoms with Crippen molar-refractivity contribution in [2.75, 3.05) is 0 Å². The molecule has 0 N–H and O–H groups in total. The summed E-state index contributed by atoms with van der Waals surface area (Å²) in [6, 6.07) is 13.5. The van der Waals surface area contributed by atoms with Crippen LogP contribution in [0.4, 0.5) is 0 Å². The van der Waals surface area contributed by atoms with Gasteiger partial charge < -0.3 is 4.42 Å². The van der Waals surface area contributed by atoms with Gasteiger partial charge in [-0.1, -0.05) is 24.3 Å². The topological polar surface area (TPSA) is 30.2 Å². The molecule has 0 aliphatic heterocycles. The van der Waals surface area contributed by atoms with E-state index < -0.39 is 0 Å². The predicted molar refractivity (Wildman–Crippen MR) is 63.7 cm³/mol. The molecule has 0 amide bonds. The molecule has 3 rings (SSSR count). The third-order valence-corrected chi connectivity index (χ3v) is 2.79. The molecule has 0 unspecified atom stereocenters. The van der Waals surface area contributed by atoms with Gasteiger partial charge in [-0.05, 0) is 25.1 Å². The molecule has 0 aliphatic carbocycles. The standard InChI is InChI=1S/C14H10O2/c1-9(15)10-6-7-12-11-4-2-3-5-13(11)16-14(12)8-10/h2-8H,1H3. The van der Waals surface area contributed by atoms with E-state index in [1.807, 2.05) is 36.4 Å². The molecular weight excluding hydrogens is 200 g/mol. The molecule has 0 saturated heterocycles. The maximum atomic E-state index is 11.3. The number of Topliss-reactive ketones (excluding diaryl/α,β-unsaturated/α-hetero) is 1. The number of benzene rings is 2. The summed E-state index contributed by atoms with van der Waals surface area (Å²) in [6.07, 6.45) is 0. The third-order valence-electron chi connectivity index (χ3n) is 2.79. The highest BCUT2D eigenvalue weighted by Gasteiger charge is 2.07. The summed E-state index contributed by atoms with van der Waals surface area (Å²) >= 11 is 0. The molecule has 0 radical (unpaired) electrons. The second-order valence-corrected chi connectivity index (χ2v) is 3.87. The van der Waals surface area contributed by atoms with Crippen LogP contribution < -0.4 is 0 Å². The van der Waals surface area contributed by atoms with Crippen LogP contribution in [0.5, 0.6) is 0 Å². The van der Waals surface area contributed by atoms with Gasteiger partial charge in [0.25, 0.3) is 0 Å². The average molecular weight is 210 g/mol. The number of hydrogen-bond donors (Lipinski definition) is 0. The molecule has 0 aliphatic rings. The van der Waals surface area contributed by atoms with Gasteiger partial charge in [-0.2, -0.15) is 0 Å². The number of rotatable bonds is 1. The second-order valence-electron chi connectivity index (χ2n) is 3.87. The third kappa shape index (κ3) is 1.23. The van der Waals surface area contributed by atoms with Crippen LogP contribution in [0.2, 0.25) is 0 Å². The molecule has 2 aromatic carbocycles. The van der Waals surface area contributed by atoms with Gasteiger partial charge in [0.2, 0.25) is 0 Å². The van der Waals surface area contributed by atoms with Crippen LogP contribution >= 0.6 is 0 Å². The van der Waals surface area contributed by atoms with Gasteiger partial charge >= 0.3 is 0 Å². The van der Waals surface area contributed by atoms with Crippen LogP contribution in [0.1, 0.15) is 17.3 Å². The monoisotopic (exact) mass is 210 g/mol. The lowest BCUT2D eigenvalue weighted by Crippen LogP contribution is -1.89. The molecule has 0 atom stereocenters. The van der Waals surface area contributed by atoms with Gasteiger partial charge in [0.1, 0.15) is 11.2 Å². The first-order chi connectivity index (χ1) is 7.75. The number of carbonyl (C=O) groups excluding carboxylic acids is 1. The summed E-state index contributed by atoms with van der Waals surface area (Å²) in [5.74, 6) is 0.0577. The number of para-hydroxylation sites is 1. The van der Waals surface area contributed by atoms with Gasteiger partial charge in [-0.3, -0.25) is 4.79 Å². The molecule has 0 bridgehead atoms. The van der Waals surface area contributed by atoms with Crippen molar-refractivity contribution in [2.45, 2.75) is 6.92 Å². The van der Waals surface area contributed by atoms with Crippen molar-refractivity contribution >= 4 is 27.7 Å². The molecule has 16 heavy (non-hydrogen) atoms. The zero-order chi connectivity index (χ0) is 11.1. The minimum atomic E-state index is 0.0577. The van der Waals surface area contributed by atoms with Gasteiger partial charge in [0.15, 0.2) is 5.78 Å². The quantitative estimate of drug-likeness (QED) is 0.572. The zero-order valence-electron chi connectivity index (χ0n) is 8.86. The fourth-order valence-corrected chi connectivity index (χ4v) is 1.94. The van der Waals surface area contributed by atoms with Crippen molar-refractivity contribution in [3.05, 3.63) is 48.0 Å². The number of furan rings is 1. The van der Waals surface area contributed by atoms with E-state index in [4.69, 9.17) is 4.42 Å². The predicted octanol–water partition coefficient (Wildman–Crippen LogP) is 3.79. The minimum absolute atomic E-state index is 0.0577. The van der Waals surface area contributed by atoms with Crippen LogP contribution in [-0.2, 0) is 0 Å². The van der Waals surface area contributed by atoms with Crippen molar-refractivity contribution < 1.29 is 9.21 Å². The van der Waals surface area contributed by atoms with E-state index in [2.05, 4.69) is 0 Å². The van der Waals surface area contributed by atoms with E-state index in [1.54, 1.807) is 13.0 Å². The number of carbonyl (C=O) groups is 1. The lowest BCUT2D eigenvalue weighted by atomic mass is 10.1. The molecule has 0 saturated carbocycles. The van der Waals surface area contributed by atoms with E-state index >= 15 is 0 Å². The lowest BCUT2D eigenvalue weighted by Gasteiger charge is -1.94. The van der Waals surface area contributed by atoms with E-state index in [0.29, 0.717) is 5.56 Å². The summed E-state index contributed by atoms with van der Waals surface area (Å²) in [7, 11) is 0. The Bertz CT molecular complexity index is 692. The van der Waals surface area contributed by atoms with Gasteiger partial charge in [0, 0.05) is 16.3 Å². The molecule has 2 nitrogen and oxygen atoms in total. The number of hydrogen-bond acceptors (Lipinski definition) is 2. The number of fused-ring (bicyclic) bond motifs is 3. The highest BCUT2D eigenvalue weighted by atomic mass is 16.3. The normalized spacial score (nSPS) is 11.1. The zero-order valence-corrected chi connectivity index (χ0v) is 8.86. The Morgan fingerprint density at radius 1 is 1.00 bits per heavy atom. The van der Waals surface area contributed by atoms with Gasteiger partial charge in [-0.15, -0.1) is 0 Å². The van der Waals surface area contributed by atoms with Crippen molar-refractivity contribution in [1.29, 1.82) is 0 Å². The first-order valence-corrected chi connectivity index (χ1v) is 5.18. The van der Waals surface area contributed by atoms with Gasteiger partial charge in [-0.25, -0.2) is 0 Å². The fraction of sp³-hybridized carbons (Fsp3) is 0.0714. The Labute approximate surface area is 92.5 Å². The molecule has 1 aromatic heterocycles. The molecule has 1 heterocycles. The van der Waals surface area contributed by atoms with E-state index in [9.17, 15) is 4.79 Å². The smallest absolute Gasteiger partial charge is 0.159 e. The van der Waals surface area contributed by atoms with Crippen molar-refractivity contribution in [3.63, 3.8) is 0 Å². The second kappa shape index (κ2) is 3.20. The van der Waals surface area contributed by atoms with Crippen molar-refractivity contribution in [1.82, 2.24) is 0 Å². The molecule has 78 valence electrons. The van der Waals surface area contributed by atoms with Gasteiger partial charge in [0.05, 0.1) is 0 Å². The summed E-state index contributed by atoms with van der Waals surface area (Å²) < 4.78 is 5.69. The summed E-state index contributed by atoms with van der Waals surface area (Å²) in [6.45, 7) is 1.56. The Morgan fingerprint density at radius 2 is 1.75 bits per heavy atom. The largest absolute Gasteiger partial charge is 0.456 e. The maximum Gasteiger partial charge on any atom is 0.159 e. The SMILES string of the molecule is CC(=O)c1ccc2c(c1)oc1ccccc12.